The van der Waals surface area contributed by atoms with E-state index in [9.17, 15) is 14.4 Å². The molecule has 1 aromatic rings. The molecular weight excluding hydrogens is 386 g/mol. The summed E-state index contributed by atoms with van der Waals surface area (Å²) in [5.74, 6) is 0.856. The maximum Gasteiger partial charge on any atom is 0.325 e. The number of hydrogen-bond acceptors (Lipinski definition) is 5. The third-order valence-corrected chi connectivity index (χ3v) is 6.11. The Balaban J connectivity index is 1.40. The minimum absolute atomic E-state index is 0.117. The summed E-state index contributed by atoms with van der Waals surface area (Å²) in [6.07, 6.45) is 5.11. The van der Waals surface area contributed by atoms with Crippen LogP contribution in [0.15, 0.2) is 12.1 Å². The van der Waals surface area contributed by atoms with E-state index < -0.39 is 11.6 Å². The summed E-state index contributed by atoms with van der Waals surface area (Å²) in [5.41, 5.74) is 1.09. The average molecular weight is 415 g/mol. The lowest BCUT2D eigenvalue weighted by atomic mass is 9.82. The molecule has 1 unspecified atom stereocenters. The van der Waals surface area contributed by atoms with Crippen LogP contribution in [0.1, 0.15) is 57.1 Å². The SMILES string of the molecule is CCOc1cc2c(cc1CNC(=O)CN1C(=O)NC3(CCCCC3)C1=O)OC(C)C2. The van der Waals surface area contributed by atoms with Gasteiger partial charge in [0.15, 0.2) is 0 Å². The summed E-state index contributed by atoms with van der Waals surface area (Å²) < 4.78 is 11.5. The van der Waals surface area contributed by atoms with Gasteiger partial charge in [0.1, 0.15) is 29.7 Å². The van der Waals surface area contributed by atoms with E-state index >= 15 is 0 Å². The van der Waals surface area contributed by atoms with Gasteiger partial charge in [0.2, 0.25) is 5.91 Å². The highest BCUT2D eigenvalue weighted by Crippen LogP contribution is 2.35. The fraction of sp³-hybridized carbons (Fsp3) is 0.591. The molecule has 3 aliphatic rings. The molecule has 0 bridgehead atoms. The zero-order chi connectivity index (χ0) is 21.3. The number of nitrogens with zero attached hydrogens (tertiary/aromatic N) is 1. The molecule has 1 spiro atoms. The Morgan fingerprint density at radius 3 is 2.80 bits per heavy atom. The van der Waals surface area contributed by atoms with Gasteiger partial charge in [-0.15, -0.1) is 0 Å². The van der Waals surface area contributed by atoms with Crippen LogP contribution in [0.25, 0.3) is 0 Å². The van der Waals surface area contributed by atoms with Gasteiger partial charge in [0, 0.05) is 24.1 Å². The number of nitrogens with one attached hydrogen (secondary N) is 2. The zero-order valence-electron chi connectivity index (χ0n) is 17.6. The van der Waals surface area contributed by atoms with Gasteiger partial charge in [-0.25, -0.2) is 4.79 Å². The van der Waals surface area contributed by atoms with E-state index in [1.165, 1.54) is 0 Å². The lowest BCUT2D eigenvalue weighted by Crippen LogP contribution is -2.49. The molecule has 4 amide bonds. The van der Waals surface area contributed by atoms with Crippen molar-refractivity contribution in [3.05, 3.63) is 23.3 Å². The summed E-state index contributed by atoms with van der Waals surface area (Å²) in [4.78, 5) is 38.7. The molecule has 2 aliphatic heterocycles. The molecule has 2 N–H and O–H groups in total. The Hall–Kier alpha value is -2.77. The standard InChI is InChI=1S/C22H29N3O5/c1-3-29-17-10-15-9-14(2)30-18(15)11-16(17)12-23-19(26)13-25-20(27)22(24-21(25)28)7-5-4-6-8-22/h10-11,14H,3-9,12-13H2,1-2H3,(H,23,26)(H,24,28). The third-order valence-electron chi connectivity index (χ3n) is 6.11. The van der Waals surface area contributed by atoms with Crippen LogP contribution >= 0.6 is 0 Å². The van der Waals surface area contributed by atoms with Crippen molar-refractivity contribution in [2.45, 2.75) is 70.6 Å². The number of rotatable bonds is 6. The Kier molecular flexibility index (Phi) is 5.58. The summed E-state index contributed by atoms with van der Waals surface area (Å²) in [6.45, 7) is 4.38. The molecule has 162 valence electrons. The minimum Gasteiger partial charge on any atom is -0.494 e. The number of amides is 4. The van der Waals surface area contributed by atoms with Gasteiger partial charge < -0.3 is 20.1 Å². The summed E-state index contributed by atoms with van der Waals surface area (Å²) in [5, 5.41) is 5.64. The highest BCUT2D eigenvalue weighted by molar-refractivity contribution is 6.09. The second-order valence-electron chi connectivity index (χ2n) is 8.37. The van der Waals surface area contributed by atoms with Crippen molar-refractivity contribution in [1.29, 1.82) is 0 Å². The zero-order valence-corrected chi connectivity index (χ0v) is 17.6. The highest BCUT2D eigenvalue weighted by Gasteiger charge is 2.51. The van der Waals surface area contributed by atoms with Crippen LogP contribution < -0.4 is 20.1 Å². The van der Waals surface area contributed by atoms with Crippen molar-refractivity contribution in [2.75, 3.05) is 13.2 Å². The monoisotopic (exact) mass is 415 g/mol. The third kappa shape index (κ3) is 3.82. The van der Waals surface area contributed by atoms with Crippen molar-refractivity contribution in [3.8, 4) is 11.5 Å². The fourth-order valence-corrected chi connectivity index (χ4v) is 4.62. The molecule has 4 rings (SSSR count). The van der Waals surface area contributed by atoms with Gasteiger partial charge in [-0.05, 0) is 38.8 Å². The maximum absolute atomic E-state index is 12.8. The predicted molar refractivity (Wildman–Crippen MR) is 109 cm³/mol. The molecule has 8 nitrogen and oxygen atoms in total. The number of carbonyl (C=O) groups excluding carboxylic acids is 3. The number of hydrogen-bond donors (Lipinski definition) is 2. The topological polar surface area (TPSA) is 97.0 Å². The average Bonchev–Trinajstić information content (AvgIpc) is 3.18. The van der Waals surface area contributed by atoms with Crippen LogP contribution in [-0.4, -0.2) is 47.5 Å². The molecule has 30 heavy (non-hydrogen) atoms. The Bertz CT molecular complexity index is 863. The lowest BCUT2D eigenvalue weighted by Gasteiger charge is -2.30. The Morgan fingerprint density at radius 2 is 2.07 bits per heavy atom. The fourth-order valence-electron chi connectivity index (χ4n) is 4.62. The first-order chi connectivity index (χ1) is 14.4. The lowest BCUT2D eigenvalue weighted by molar-refractivity contribution is -0.135. The number of benzene rings is 1. The number of imide groups is 1. The normalized spacial score (nSPS) is 21.9. The molecule has 1 aromatic carbocycles. The second kappa shape index (κ2) is 8.16. The molecular formula is C22H29N3O5. The number of fused-ring (bicyclic) bond motifs is 1. The number of carbonyl (C=O) groups is 3. The van der Waals surface area contributed by atoms with Gasteiger partial charge in [0.25, 0.3) is 5.91 Å². The molecule has 2 fully saturated rings. The Morgan fingerprint density at radius 1 is 1.30 bits per heavy atom. The van der Waals surface area contributed by atoms with Crippen LogP contribution in [0.4, 0.5) is 4.79 Å². The number of urea groups is 1. The summed E-state index contributed by atoms with van der Waals surface area (Å²) in [7, 11) is 0. The van der Waals surface area contributed by atoms with Crippen molar-refractivity contribution in [2.24, 2.45) is 0 Å². The van der Waals surface area contributed by atoms with Gasteiger partial charge >= 0.3 is 6.03 Å². The molecule has 1 saturated heterocycles. The van der Waals surface area contributed by atoms with Crippen molar-refractivity contribution < 1.29 is 23.9 Å². The minimum atomic E-state index is -0.814. The molecule has 8 heteroatoms. The van der Waals surface area contributed by atoms with E-state index in [1.807, 2.05) is 26.0 Å². The van der Waals surface area contributed by atoms with Gasteiger partial charge in [-0.3, -0.25) is 14.5 Å². The van der Waals surface area contributed by atoms with Gasteiger partial charge in [-0.1, -0.05) is 19.3 Å². The maximum atomic E-state index is 12.8. The predicted octanol–water partition coefficient (Wildman–Crippen LogP) is 2.28. The first kappa shape index (κ1) is 20.5. The van der Waals surface area contributed by atoms with Crippen molar-refractivity contribution in [3.63, 3.8) is 0 Å². The van der Waals surface area contributed by atoms with Crippen LogP contribution in [0.5, 0.6) is 11.5 Å². The van der Waals surface area contributed by atoms with Crippen LogP contribution in [0.3, 0.4) is 0 Å². The molecule has 1 atom stereocenters. The quantitative estimate of drug-likeness (QED) is 0.695. The smallest absolute Gasteiger partial charge is 0.325 e. The van der Waals surface area contributed by atoms with Crippen LogP contribution in [-0.2, 0) is 22.6 Å². The van der Waals surface area contributed by atoms with E-state index in [0.29, 0.717) is 25.2 Å². The van der Waals surface area contributed by atoms with E-state index in [1.54, 1.807) is 0 Å². The van der Waals surface area contributed by atoms with E-state index in [-0.39, 0.29) is 31.0 Å². The Labute approximate surface area is 176 Å². The van der Waals surface area contributed by atoms with Crippen LogP contribution in [0.2, 0.25) is 0 Å². The first-order valence-corrected chi connectivity index (χ1v) is 10.8. The van der Waals surface area contributed by atoms with E-state index in [0.717, 1.165) is 47.5 Å². The molecule has 0 radical (unpaired) electrons. The highest BCUT2D eigenvalue weighted by atomic mass is 16.5. The largest absolute Gasteiger partial charge is 0.494 e. The molecule has 1 saturated carbocycles. The summed E-state index contributed by atoms with van der Waals surface area (Å²) in [6, 6.07) is 3.38. The van der Waals surface area contributed by atoms with Gasteiger partial charge in [0.05, 0.1) is 6.61 Å². The van der Waals surface area contributed by atoms with Gasteiger partial charge in [-0.2, -0.15) is 0 Å². The first-order valence-electron chi connectivity index (χ1n) is 10.8. The van der Waals surface area contributed by atoms with Crippen molar-refractivity contribution >= 4 is 17.8 Å². The van der Waals surface area contributed by atoms with E-state index in [4.69, 9.17) is 9.47 Å². The second-order valence-corrected chi connectivity index (χ2v) is 8.37. The van der Waals surface area contributed by atoms with Crippen LogP contribution in [0, 0.1) is 0 Å². The molecule has 0 aromatic heterocycles. The van der Waals surface area contributed by atoms with Crippen molar-refractivity contribution in [1.82, 2.24) is 15.5 Å². The molecule has 2 heterocycles. The molecule has 1 aliphatic carbocycles. The summed E-state index contributed by atoms with van der Waals surface area (Å²) >= 11 is 0. The van der Waals surface area contributed by atoms with E-state index in [2.05, 4.69) is 10.6 Å². The number of ether oxygens (including phenoxy) is 2.